The van der Waals surface area contributed by atoms with Gasteiger partial charge >= 0.3 is 0 Å². The largest absolute Gasteiger partial charge is 0.336 e. The van der Waals surface area contributed by atoms with Crippen LogP contribution in [0, 0.1) is 0 Å². The summed E-state index contributed by atoms with van der Waals surface area (Å²) in [7, 11) is 0. The lowest BCUT2D eigenvalue weighted by molar-refractivity contribution is 0.0650. The zero-order valence-corrected chi connectivity index (χ0v) is 15.1. The first-order chi connectivity index (χ1) is 12.7. The predicted octanol–water partition coefficient (Wildman–Crippen LogP) is 2.41. The van der Waals surface area contributed by atoms with Crippen LogP contribution in [-0.4, -0.2) is 53.4 Å². The second kappa shape index (κ2) is 8.63. The molecule has 1 saturated heterocycles. The Morgan fingerprint density at radius 1 is 1.12 bits per heavy atom. The van der Waals surface area contributed by atoms with Crippen molar-refractivity contribution in [1.29, 1.82) is 0 Å². The molecule has 1 fully saturated rings. The van der Waals surface area contributed by atoms with Gasteiger partial charge in [0.25, 0.3) is 5.91 Å². The van der Waals surface area contributed by atoms with Gasteiger partial charge in [-0.05, 0) is 18.1 Å². The number of aryl methyl sites for hydroxylation is 1. The molecule has 5 heteroatoms. The molecule has 5 nitrogen and oxygen atoms in total. The maximum Gasteiger partial charge on any atom is 0.254 e. The molecular weight excluding hydrogens is 326 g/mol. The normalized spacial score (nSPS) is 15.5. The topological polar surface area (TPSA) is 56.4 Å². The van der Waals surface area contributed by atoms with Gasteiger partial charge in [-0.2, -0.15) is 0 Å². The van der Waals surface area contributed by atoms with E-state index >= 15 is 0 Å². The molecule has 1 aromatic carbocycles. The lowest BCUT2D eigenvalue weighted by Crippen LogP contribution is -2.48. The second-order valence-corrected chi connectivity index (χ2v) is 6.52. The number of benzene rings is 1. The van der Waals surface area contributed by atoms with E-state index in [2.05, 4.69) is 34.2 Å². The molecule has 2 heterocycles. The molecule has 0 atom stereocenters. The van der Waals surface area contributed by atoms with Crippen LogP contribution in [0.4, 0.5) is 0 Å². The number of amides is 1. The van der Waals surface area contributed by atoms with Crippen LogP contribution in [0.3, 0.4) is 0 Å². The molecule has 2 aromatic rings. The smallest absolute Gasteiger partial charge is 0.254 e. The van der Waals surface area contributed by atoms with E-state index in [4.69, 9.17) is 0 Å². The zero-order chi connectivity index (χ0) is 18.4. The Bertz CT molecular complexity index is 819. The Morgan fingerprint density at radius 3 is 2.54 bits per heavy atom. The molecule has 0 aliphatic carbocycles. The van der Waals surface area contributed by atoms with Crippen LogP contribution >= 0.6 is 0 Å². The standard InChI is InChI=1S/C21H25N3O2/c1-2-19-15-18(16-20(25)22-19)21(26)24-13-11-23(12-14-24)10-6-9-17-7-4-3-5-8-17/h3-9,15-16H,2,10-14H2,1H3,(H,22,25)/b9-6+. The number of H-pyrrole nitrogens is 1. The third kappa shape index (κ3) is 4.70. The minimum Gasteiger partial charge on any atom is -0.336 e. The van der Waals surface area contributed by atoms with Crippen LogP contribution in [0.15, 0.2) is 53.3 Å². The van der Waals surface area contributed by atoms with Gasteiger partial charge in [-0.15, -0.1) is 0 Å². The van der Waals surface area contributed by atoms with Crippen LogP contribution in [0.2, 0.25) is 0 Å². The number of pyridine rings is 1. The van der Waals surface area contributed by atoms with Gasteiger partial charge in [0.2, 0.25) is 5.56 Å². The summed E-state index contributed by atoms with van der Waals surface area (Å²) in [5.41, 5.74) is 2.27. The van der Waals surface area contributed by atoms with Crippen molar-refractivity contribution >= 4 is 12.0 Å². The molecule has 1 amide bonds. The predicted molar refractivity (Wildman–Crippen MR) is 104 cm³/mol. The van der Waals surface area contributed by atoms with Gasteiger partial charge in [-0.3, -0.25) is 14.5 Å². The number of piperazine rings is 1. The van der Waals surface area contributed by atoms with E-state index in [1.165, 1.54) is 11.6 Å². The lowest BCUT2D eigenvalue weighted by Gasteiger charge is -2.34. The molecule has 0 unspecified atom stereocenters. The quantitative estimate of drug-likeness (QED) is 0.900. The zero-order valence-electron chi connectivity index (χ0n) is 15.1. The average molecular weight is 351 g/mol. The van der Waals surface area contributed by atoms with Crippen LogP contribution < -0.4 is 5.56 Å². The molecule has 26 heavy (non-hydrogen) atoms. The highest BCUT2D eigenvalue weighted by molar-refractivity contribution is 5.94. The van der Waals surface area contributed by atoms with Gasteiger partial charge in [-0.1, -0.05) is 49.4 Å². The van der Waals surface area contributed by atoms with Gasteiger partial charge < -0.3 is 9.88 Å². The van der Waals surface area contributed by atoms with E-state index in [-0.39, 0.29) is 11.5 Å². The molecule has 1 aliphatic heterocycles. The van der Waals surface area contributed by atoms with Crippen LogP contribution in [0.5, 0.6) is 0 Å². The first-order valence-electron chi connectivity index (χ1n) is 9.12. The summed E-state index contributed by atoms with van der Waals surface area (Å²) in [4.78, 5) is 31.3. The summed E-state index contributed by atoms with van der Waals surface area (Å²) in [5.74, 6) is -0.0507. The summed E-state index contributed by atoms with van der Waals surface area (Å²) in [6, 6.07) is 13.4. The number of carbonyl (C=O) groups is 1. The summed E-state index contributed by atoms with van der Waals surface area (Å²) in [5, 5.41) is 0. The van der Waals surface area contributed by atoms with Crippen molar-refractivity contribution in [1.82, 2.24) is 14.8 Å². The number of nitrogens with one attached hydrogen (secondary N) is 1. The minimum atomic E-state index is -0.211. The molecule has 0 saturated carbocycles. The first-order valence-corrected chi connectivity index (χ1v) is 9.12. The summed E-state index contributed by atoms with van der Waals surface area (Å²) < 4.78 is 0. The fraction of sp³-hybridized carbons (Fsp3) is 0.333. The number of hydrogen-bond donors (Lipinski definition) is 1. The van der Waals surface area contributed by atoms with Crippen LogP contribution in [0.1, 0.15) is 28.5 Å². The van der Waals surface area contributed by atoms with Crippen LogP contribution in [0.25, 0.3) is 6.08 Å². The number of hydrogen-bond acceptors (Lipinski definition) is 3. The minimum absolute atomic E-state index is 0.0507. The fourth-order valence-electron chi connectivity index (χ4n) is 3.13. The number of nitrogens with zero attached hydrogens (tertiary/aromatic N) is 2. The van der Waals surface area contributed by atoms with Gasteiger partial charge in [0.05, 0.1) is 0 Å². The van der Waals surface area contributed by atoms with Gasteiger partial charge in [0.15, 0.2) is 0 Å². The molecule has 0 bridgehead atoms. The highest BCUT2D eigenvalue weighted by Crippen LogP contribution is 2.09. The Kier molecular flexibility index (Phi) is 6.02. The first kappa shape index (κ1) is 18.1. The van der Waals surface area contributed by atoms with E-state index in [0.717, 1.165) is 25.3 Å². The number of aromatic amines is 1. The maximum absolute atomic E-state index is 12.7. The second-order valence-electron chi connectivity index (χ2n) is 6.52. The molecule has 136 valence electrons. The highest BCUT2D eigenvalue weighted by atomic mass is 16.2. The Labute approximate surface area is 154 Å². The number of rotatable bonds is 5. The fourth-order valence-corrected chi connectivity index (χ4v) is 3.13. The van der Waals surface area contributed by atoms with E-state index in [1.807, 2.05) is 30.0 Å². The van der Waals surface area contributed by atoms with Crippen molar-refractivity contribution < 1.29 is 4.79 Å². The lowest BCUT2D eigenvalue weighted by atomic mass is 10.1. The third-order valence-electron chi connectivity index (χ3n) is 4.66. The maximum atomic E-state index is 12.7. The average Bonchev–Trinajstić information content (AvgIpc) is 2.68. The Morgan fingerprint density at radius 2 is 1.85 bits per heavy atom. The van der Waals surface area contributed by atoms with E-state index < -0.39 is 0 Å². The van der Waals surface area contributed by atoms with Crippen molar-refractivity contribution in [3.05, 3.63) is 75.7 Å². The van der Waals surface area contributed by atoms with Crippen molar-refractivity contribution in [2.45, 2.75) is 13.3 Å². The third-order valence-corrected chi connectivity index (χ3v) is 4.66. The SMILES string of the molecule is CCc1cc(C(=O)N2CCN(C/C=C/c3ccccc3)CC2)cc(=O)[nH]1. The summed E-state index contributed by atoms with van der Waals surface area (Å²) in [6.07, 6.45) is 5.00. The van der Waals surface area contributed by atoms with Gasteiger partial charge in [-0.25, -0.2) is 0 Å². The molecule has 1 N–H and O–H groups in total. The van der Waals surface area contributed by atoms with E-state index in [9.17, 15) is 9.59 Å². The van der Waals surface area contributed by atoms with E-state index in [0.29, 0.717) is 25.1 Å². The van der Waals surface area contributed by atoms with Crippen molar-refractivity contribution in [3.8, 4) is 0 Å². The molecule has 3 rings (SSSR count). The number of aromatic nitrogens is 1. The molecule has 1 aliphatic rings. The number of carbonyl (C=O) groups excluding carboxylic acids is 1. The molecule has 1 aromatic heterocycles. The Balaban J connectivity index is 1.53. The van der Waals surface area contributed by atoms with Gasteiger partial charge in [0.1, 0.15) is 0 Å². The summed E-state index contributed by atoms with van der Waals surface area (Å²) >= 11 is 0. The Hall–Kier alpha value is -2.66. The highest BCUT2D eigenvalue weighted by Gasteiger charge is 2.22. The molecule has 0 radical (unpaired) electrons. The molecule has 0 spiro atoms. The summed E-state index contributed by atoms with van der Waals surface area (Å²) in [6.45, 7) is 5.89. The van der Waals surface area contributed by atoms with Crippen molar-refractivity contribution in [2.24, 2.45) is 0 Å². The van der Waals surface area contributed by atoms with E-state index in [1.54, 1.807) is 6.07 Å². The monoisotopic (exact) mass is 351 g/mol. The van der Waals surface area contributed by atoms with Crippen LogP contribution in [-0.2, 0) is 6.42 Å². The van der Waals surface area contributed by atoms with Crippen molar-refractivity contribution in [3.63, 3.8) is 0 Å². The van der Waals surface area contributed by atoms with Crippen molar-refractivity contribution in [2.75, 3.05) is 32.7 Å². The van der Waals surface area contributed by atoms with Gasteiger partial charge in [0, 0.05) is 50.0 Å². The molecular formula is C21H25N3O2.